The average molecular weight is 407 g/mol. The lowest BCUT2D eigenvalue weighted by Crippen LogP contribution is -3.14. The molecule has 0 aromatic heterocycles. The predicted molar refractivity (Wildman–Crippen MR) is 120 cm³/mol. The molecule has 1 heterocycles. The Balaban J connectivity index is 1.51. The van der Waals surface area contributed by atoms with Crippen LogP contribution >= 0.6 is 0 Å². The number of piperazine rings is 1. The number of hydrogen-bond donors (Lipinski definition) is 2. The molecule has 0 aliphatic carbocycles. The Morgan fingerprint density at radius 3 is 2.20 bits per heavy atom. The van der Waals surface area contributed by atoms with E-state index in [1.165, 1.54) is 10.5 Å². The molecule has 0 saturated carbocycles. The third-order valence-corrected chi connectivity index (χ3v) is 5.55. The second kappa shape index (κ2) is 10.7. The van der Waals surface area contributed by atoms with E-state index in [2.05, 4.69) is 29.6 Å². The van der Waals surface area contributed by atoms with Crippen molar-refractivity contribution in [1.82, 2.24) is 10.2 Å². The second-order valence-corrected chi connectivity index (χ2v) is 8.15. The van der Waals surface area contributed by atoms with Crippen LogP contribution in [0, 0.1) is 5.92 Å². The lowest BCUT2D eigenvalue weighted by molar-refractivity contribution is -0.898. The van der Waals surface area contributed by atoms with E-state index in [9.17, 15) is 9.59 Å². The van der Waals surface area contributed by atoms with E-state index >= 15 is 0 Å². The van der Waals surface area contributed by atoms with Crippen molar-refractivity contribution in [2.45, 2.75) is 19.9 Å². The Morgan fingerprint density at radius 2 is 1.60 bits per heavy atom. The Kier molecular flexibility index (Phi) is 7.80. The molecule has 2 aromatic carbocycles. The number of carbonyl (C=O) groups excluding carboxylic acids is 2. The fourth-order valence-corrected chi connectivity index (χ4v) is 3.70. The number of quaternary nitrogens is 1. The fraction of sp³-hybridized carbons (Fsp3) is 0.360. The van der Waals surface area contributed by atoms with E-state index in [0.29, 0.717) is 5.56 Å². The minimum atomic E-state index is -0.503. The number of hydrogen-bond acceptors (Lipinski definition) is 2. The summed E-state index contributed by atoms with van der Waals surface area (Å²) in [4.78, 5) is 29.0. The van der Waals surface area contributed by atoms with Gasteiger partial charge in [-0.1, -0.05) is 68.5 Å². The molecule has 1 aliphatic heterocycles. The normalized spacial score (nSPS) is 16.0. The number of nitrogens with zero attached hydrogens (tertiary/aromatic N) is 1. The zero-order valence-corrected chi connectivity index (χ0v) is 17.9. The Morgan fingerprint density at radius 1 is 1.00 bits per heavy atom. The zero-order chi connectivity index (χ0) is 21.3. The van der Waals surface area contributed by atoms with Gasteiger partial charge in [0.25, 0.3) is 5.91 Å². The van der Waals surface area contributed by atoms with E-state index in [-0.39, 0.29) is 17.7 Å². The molecular formula is C25H32N3O2+. The van der Waals surface area contributed by atoms with Gasteiger partial charge in [0.2, 0.25) is 5.91 Å². The molecule has 5 nitrogen and oxygen atoms in total. The minimum Gasteiger partial charge on any atom is -0.340 e. The summed E-state index contributed by atoms with van der Waals surface area (Å²) in [7, 11) is 0. The molecule has 0 spiro atoms. The number of nitrogens with one attached hydrogen (secondary N) is 2. The highest BCUT2D eigenvalue weighted by Gasteiger charge is 2.31. The SMILES string of the molecule is CC(C)[C@@H](NC(=O)c1ccccc1)C(=O)N1CC[NH+](C/C=C/c2ccccc2)CC1. The maximum atomic E-state index is 13.1. The van der Waals surface area contributed by atoms with Gasteiger partial charge in [0, 0.05) is 5.56 Å². The van der Waals surface area contributed by atoms with Crippen molar-refractivity contribution in [2.24, 2.45) is 5.92 Å². The first-order valence-electron chi connectivity index (χ1n) is 10.7. The van der Waals surface area contributed by atoms with Crippen molar-refractivity contribution in [2.75, 3.05) is 32.7 Å². The third-order valence-electron chi connectivity index (χ3n) is 5.55. The van der Waals surface area contributed by atoms with Gasteiger partial charge in [-0.05, 0) is 29.7 Å². The summed E-state index contributed by atoms with van der Waals surface area (Å²) < 4.78 is 0. The summed E-state index contributed by atoms with van der Waals surface area (Å²) in [6.45, 7) is 8.18. The van der Waals surface area contributed by atoms with Crippen LogP contribution in [0.3, 0.4) is 0 Å². The van der Waals surface area contributed by atoms with Crippen LogP contribution in [-0.2, 0) is 4.79 Å². The van der Waals surface area contributed by atoms with Gasteiger partial charge in [-0.15, -0.1) is 0 Å². The van der Waals surface area contributed by atoms with Crippen LogP contribution in [0.5, 0.6) is 0 Å². The Hall–Kier alpha value is -2.92. The van der Waals surface area contributed by atoms with E-state index in [4.69, 9.17) is 0 Å². The fourth-order valence-electron chi connectivity index (χ4n) is 3.70. The molecule has 0 radical (unpaired) electrons. The molecule has 1 aliphatic rings. The topological polar surface area (TPSA) is 53.9 Å². The summed E-state index contributed by atoms with van der Waals surface area (Å²) in [6.07, 6.45) is 4.36. The van der Waals surface area contributed by atoms with Crippen LogP contribution in [-0.4, -0.2) is 55.5 Å². The standard InChI is InChI=1S/C25H31N3O2/c1-20(2)23(26-24(29)22-13-7-4-8-14-22)25(30)28-18-16-27(17-19-28)15-9-12-21-10-5-3-6-11-21/h3-14,20,23H,15-19H2,1-2H3,(H,26,29)/p+1/b12-9+/t23-/m1/s1. The van der Waals surface area contributed by atoms with Gasteiger partial charge >= 0.3 is 0 Å². The number of amides is 2. The van der Waals surface area contributed by atoms with Gasteiger partial charge < -0.3 is 15.1 Å². The number of carbonyl (C=O) groups is 2. The first-order chi connectivity index (χ1) is 14.5. The second-order valence-electron chi connectivity index (χ2n) is 8.15. The monoisotopic (exact) mass is 406 g/mol. The molecule has 1 atom stereocenters. The van der Waals surface area contributed by atoms with E-state index in [1.54, 1.807) is 12.1 Å². The molecule has 158 valence electrons. The van der Waals surface area contributed by atoms with Crippen molar-refractivity contribution in [3.63, 3.8) is 0 Å². The molecule has 0 bridgehead atoms. The van der Waals surface area contributed by atoms with Crippen LogP contribution in [0.1, 0.15) is 29.8 Å². The van der Waals surface area contributed by atoms with Gasteiger partial charge in [0.05, 0.1) is 32.7 Å². The maximum absolute atomic E-state index is 13.1. The van der Waals surface area contributed by atoms with Gasteiger partial charge in [0.1, 0.15) is 6.04 Å². The summed E-state index contributed by atoms with van der Waals surface area (Å²) in [5.41, 5.74) is 1.79. The Bertz CT molecular complexity index is 841. The summed E-state index contributed by atoms with van der Waals surface area (Å²) >= 11 is 0. The van der Waals surface area contributed by atoms with E-state index in [0.717, 1.165) is 32.7 Å². The first kappa shape index (κ1) is 21.8. The lowest BCUT2D eigenvalue weighted by atomic mass is 10.0. The van der Waals surface area contributed by atoms with E-state index in [1.807, 2.05) is 55.1 Å². The van der Waals surface area contributed by atoms with Crippen LogP contribution in [0.4, 0.5) is 0 Å². The van der Waals surface area contributed by atoms with Crippen molar-refractivity contribution in [3.05, 3.63) is 77.9 Å². The number of rotatable bonds is 7. The molecule has 3 rings (SSSR count). The van der Waals surface area contributed by atoms with Gasteiger partial charge in [-0.3, -0.25) is 9.59 Å². The summed E-state index contributed by atoms with van der Waals surface area (Å²) in [5.74, 6) is -0.143. The summed E-state index contributed by atoms with van der Waals surface area (Å²) in [6, 6.07) is 18.9. The molecule has 5 heteroatoms. The molecule has 1 saturated heterocycles. The minimum absolute atomic E-state index is 0.0214. The predicted octanol–water partition coefficient (Wildman–Crippen LogP) is 1.88. The molecule has 0 unspecified atom stereocenters. The highest BCUT2D eigenvalue weighted by atomic mass is 16.2. The molecule has 1 fully saturated rings. The smallest absolute Gasteiger partial charge is 0.251 e. The zero-order valence-electron chi connectivity index (χ0n) is 17.9. The van der Waals surface area contributed by atoms with Gasteiger partial charge in [-0.2, -0.15) is 0 Å². The van der Waals surface area contributed by atoms with Gasteiger partial charge in [-0.25, -0.2) is 0 Å². The largest absolute Gasteiger partial charge is 0.340 e. The third kappa shape index (κ3) is 6.04. The van der Waals surface area contributed by atoms with Crippen molar-refractivity contribution >= 4 is 17.9 Å². The summed E-state index contributed by atoms with van der Waals surface area (Å²) in [5, 5.41) is 2.95. The quantitative estimate of drug-likeness (QED) is 0.738. The van der Waals surface area contributed by atoms with Crippen LogP contribution in [0.15, 0.2) is 66.7 Å². The van der Waals surface area contributed by atoms with Crippen LogP contribution in [0.2, 0.25) is 0 Å². The van der Waals surface area contributed by atoms with Crippen LogP contribution in [0.25, 0.3) is 6.08 Å². The lowest BCUT2D eigenvalue weighted by Gasteiger charge is -2.35. The molecule has 30 heavy (non-hydrogen) atoms. The molecule has 2 aromatic rings. The van der Waals surface area contributed by atoms with Crippen molar-refractivity contribution < 1.29 is 14.5 Å². The molecular weight excluding hydrogens is 374 g/mol. The molecule has 2 amide bonds. The van der Waals surface area contributed by atoms with Crippen molar-refractivity contribution in [1.29, 1.82) is 0 Å². The average Bonchev–Trinajstić information content (AvgIpc) is 2.78. The highest BCUT2D eigenvalue weighted by Crippen LogP contribution is 2.09. The first-order valence-corrected chi connectivity index (χ1v) is 10.7. The highest BCUT2D eigenvalue weighted by molar-refractivity contribution is 5.97. The maximum Gasteiger partial charge on any atom is 0.251 e. The molecule has 2 N–H and O–H groups in total. The number of benzene rings is 2. The van der Waals surface area contributed by atoms with Gasteiger partial charge in [0.15, 0.2) is 0 Å². The Labute approximate surface area is 179 Å². The van der Waals surface area contributed by atoms with Crippen LogP contribution < -0.4 is 10.2 Å². The van der Waals surface area contributed by atoms with Crippen molar-refractivity contribution in [3.8, 4) is 0 Å². The van der Waals surface area contributed by atoms with E-state index < -0.39 is 6.04 Å².